The van der Waals surface area contributed by atoms with Crippen LogP contribution in [0.15, 0.2) is 42.5 Å². The van der Waals surface area contributed by atoms with E-state index in [1.165, 1.54) is 23.1 Å². The molecule has 3 aromatic rings. The Morgan fingerprint density at radius 3 is 2.31 bits per heavy atom. The van der Waals surface area contributed by atoms with Crippen LogP contribution in [0.5, 0.6) is 0 Å². The molecule has 0 aliphatic carbocycles. The highest BCUT2D eigenvalue weighted by molar-refractivity contribution is 5.94. The summed E-state index contributed by atoms with van der Waals surface area (Å²) in [6.07, 6.45) is -2.31. The lowest BCUT2D eigenvalue weighted by Crippen LogP contribution is -2.27. The predicted octanol–water partition coefficient (Wildman–Crippen LogP) is 4.37. The standard InChI is InChI=1S/C29H35F2N3O5/c1-17(2)27-25(12-10-22(35)14-23(36)15-26(37)38)34(21-8-6-20(30)7-9-21)32-28(27)29(39)33(4)16-19-5-11-24(31)18(3)13-19/h5-9,11,13,17,22-23,35-36H,10,12,14-16H2,1-4H3,(H,37,38)/t22-,23-/m1/s1. The molecule has 0 bridgehead atoms. The summed E-state index contributed by atoms with van der Waals surface area (Å²) in [5.41, 5.74) is 3.31. The van der Waals surface area contributed by atoms with E-state index in [9.17, 15) is 28.6 Å². The molecule has 3 N–H and O–H groups in total. The van der Waals surface area contributed by atoms with E-state index in [1.807, 2.05) is 13.8 Å². The van der Waals surface area contributed by atoms with Gasteiger partial charge in [-0.25, -0.2) is 13.5 Å². The van der Waals surface area contributed by atoms with Gasteiger partial charge in [0, 0.05) is 24.8 Å². The maximum atomic E-state index is 13.7. The van der Waals surface area contributed by atoms with Crippen LogP contribution in [0, 0.1) is 18.6 Å². The molecule has 3 rings (SSSR count). The number of aliphatic carboxylic acids is 1. The van der Waals surface area contributed by atoms with Gasteiger partial charge in [0.15, 0.2) is 5.69 Å². The molecule has 1 amide bonds. The quantitative estimate of drug-likeness (QED) is 0.312. The van der Waals surface area contributed by atoms with Crippen LogP contribution >= 0.6 is 0 Å². The van der Waals surface area contributed by atoms with Crippen molar-refractivity contribution in [2.24, 2.45) is 0 Å². The number of carbonyl (C=O) groups excluding carboxylic acids is 1. The van der Waals surface area contributed by atoms with Gasteiger partial charge in [0.1, 0.15) is 11.6 Å². The van der Waals surface area contributed by atoms with Gasteiger partial charge < -0.3 is 20.2 Å². The second-order valence-corrected chi connectivity index (χ2v) is 10.2. The molecule has 0 radical (unpaired) electrons. The number of rotatable bonds is 12. The van der Waals surface area contributed by atoms with E-state index >= 15 is 0 Å². The van der Waals surface area contributed by atoms with Crippen LogP contribution in [-0.2, 0) is 17.8 Å². The molecule has 0 fully saturated rings. The molecule has 10 heteroatoms. The minimum absolute atomic E-state index is 0.111. The number of nitrogens with zero attached hydrogens (tertiary/aromatic N) is 3. The summed E-state index contributed by atoms with van der Waals surface area (Å²) in [4.78, 5) is 26.0. The number of aryl methyl sites for hydroxylation is 1. The smallest absolute Gasteiger partial charge is 0.305 e. The van der Waals surface area contributed by atoms with Gasteiger partial charge in [-0.2, -0.15) is 5.10 Å². The summed E-state index contributed by atoms with van der Waals surface area (Å²) in [6, 6.07) is 10.3. The van der Waals surface area contributed by atoms with E-state index < -0.39 is 30.4 Å². The van der Waals surface area contributed by atoms with Gasteiger partial charge in [0.25, 0.3) is 5.91 Å². The number of amides is 1. The van der Waals surface area contributed by atoms with Crippen molar-refractivity contribution in [1.29, 1.82) is 0 Å². The Morgan fingerprint density at radius 2 is 1.72 bits per heavy atom. The summed E-state index contributed by atoms with van der Waals surface area (Å²) in [5, 5.41) is 33.9. The van der Waals surface area contributed by atoms with Gasteiger partial charge in [-0.05, 0) is 73.6 Å². The first-order valence-electron chi connectivity index (χ1n) is 12.8. The van der Waals surface area contributed by atoms with Crippen LogP contribution in [-0.4, -0.2) is 61.1 Å². The molecule has 210 valence electrons. The SMILES string of the molecule is Cc1cc(CN(C)C(=O)c2nn(-c3ccc(F)cc3)c(CC[C@@H](O)C[C@@H](O)CC(=O)O)c2C(C)C)ccc1F. The Morgan fingerprint density at radius 1 is 1.05 bits per heavy atom. The highest BCUT2D eigenvalue weighted by Crippen LogP contribution is 2.29. The van der Waals surface area contributed by atoms with Crippen LogP contribution in [0.25, 0.3) is 5.69 Å². The summed E-state index contributed by atoms with van der Waals surface area (Å²) in [5.74, 6) is -2.39. The van der Waals surface area contributed by atoms with Crippen LogP contribution < -0.4 is 0 Å². The number of aromatic nitrogens is 2. The fraction of sp³-hybridized carbons (Fsp3) is 0.414. The zero-order chi connectivity index (χ0) is 28.9. The Kier molecular flexibility index (Phi) is 9.93. The van der Waals surface area contributed by atoms with Crippen molar-refractivity contribution < 1.29 is 33.7 Å². The first-order chi connectivity index (χ1) is 18.4. The second kappa shape index (κ2) is 12.9. The van der Waals surface area contributed by atoms with Gasteiger partial charge >= 0.3 is 5.97 Å². The lowest BCUT2D eigenvalue weighted by Gasteiger charge is -2.19. The monoisotopic (exact) mass is 543 g/mol. The molecule has 0 spiro atoms. The van der Waals surface area contributed by atoms with Gasteiger partial charge in [-0.3, -0.25) is 9.59 Å². The van der Waals surface area contributed by atoms with Crippen LogP contribution in [0.1, 0.15) is 71.9 Å². The second-order valence-electron chi connectivity index (χ2n) is 10.2. The minimum atomic E-state index is -1.19. The van der Waals surface area contributed by atoms with Gasteiger partial charge in [-0.1, -0.05) is 26.0 Å². The average molecular weight is 544 g/mol. The van der Waals surface area contributed by atoms with Gasteiger partial charge in [0.2, 0.25) is 0 Å². The fourth-order valence-corrected chi connectivity index (χ4v) is 4.62. The maximum absolute atomic E-state index is 13.7. The van der Waals surface area contributed by atoms with E-state index in [1.54, 1.807) is 42.9 Å². The number of aliphatic hydroxyl groups is 2. The van der Waals surface area contributed by atoms with Crippen molar-refractivity contribution in [3.05, 3.63) is 82.2 Å². The highest BCUT2D eigenvalue weighted by atomic mass is 19.1. The third-order valence-electron chi connectivity index (χ3n) is 6.53. The molecule has 0 aliphatic heterocycles. The number of aliphatic hydroxyl groups excluding tert-OH is 2. The molecule has 8 nitrogen and oxygen atoms in total. The number of carboxylic acid groups (broad SMARTS) is 1. The largest absolute Gasteiger partial charge is 0.481 e. The molecule has 0 saturated heterocycles. The minimum Gasteiger partial charge on any atom is -0.481 e. The molecule has 2 aromatic carbocycles. The molecular weight excluding hydrogens is 508 g/mol. The number of carboxylic acids is 1. The van der Waals surface area contributed by atoms with Gasteiger partial charge in [-0.15, -0.1) is 0 Å². The number of halogens is 2. The number of benzene rings is 2. The molecule has 1 heterocycles. The number of carbonyl (C=O) groups is 2. The van der Waals surface area contributed by atoms with Crippen molar-refractivity contribution in [3.8, 4) is 5.69 Å². The summed E-state index contributed by atoms with van der Waals surface area (Å²) < 4.78 is 28.9. The third-order valence-corrected chi connectivity index (χ3v) is 6.53. The molecule has 1 aromatic heterocycles. The number of hydrogen-bond donors (Lipinski definition) is 3. The molecule has 39 heavy (non-hydrogen) atoms. The van der Waals surface area contributed by atoms with Crippen molar-refractivity contribution in [2.75, 3.05) is 7.05 Å². The zero-order valence-corrected chi connectivity index (χ0v) is 22.6. The Labute approximate surface area is 226 Å². The Hall–Kier alpha value is -3.63. The van der Waals surface area contributed by atoms with Crippen molar-refractivity contribution in [3.63, 3.8) is 0 Å². The van der Waals surface area contributed by atoms with E-state index in [2.05, 4.69) is 5.10 Å². The Balaban J connectivity index is 1.96. The van der Waals surface area contributed by atoms with Gasteiger partial charge in [0.05, 0.1) is 24.3 Å². The zero-order valence-electron chi connectivity index (χ0n) is 22.6. The molecule has 2 atom stereocenters. The average Bonchev–Trinajstić information content (AvgIpc) is 3.24. The first kappa shape index (κ1) is 29.9. The third kappa shape index (κ3) is 7.70. The summed E-state index contributed by atoms with van der Waals surface area (Å²) in [6.45, 7) is 5.73. The molecule has 0 aliphatic rings. The van der Waals surface area contributed by atoms with Crippen LogP contribution in [0.4, 0.5) is 8.78 Å². The first-order valence-corrected chi connectivity index (χ1v) is 12.8. The lowest BCUT2D eigenvalue weighted by atomic mass is 9.95. The lowest BCUT2D eigenvalue weighted by molar-refractivity contribution is -0.139. The van der Waals surface area contributed by atoms with Crippen molar-refractivity contribution in [1.82, 2.24) is 14.7 Å². The van der Waals surface area contributed by atoms with Crippen LogP contribution in [0.2, 0.25) is 0 Å². The molecule has 0 unspecified atom stereocenters. The normalized spacial score (nSPS) is 12.9. The van der Waals surface area contributed by atoms with Crippen molar-refractivity contribution in [2.45, 2.75) is 71.1 Å². The maximum Gasteiger partial charge on any atom is 0.305 e. The molecular formula is C29H35F2N3O5. The van der Waals surface area contributed by atoms with E-state index in [0.717, 1.165) is 5.56 Å². The predicted molar refractivity (Wildman–Crippen MR) is 142 cm³/mol. The van der Waals surface area contributed by atoms with E-state index in [-0.39, 0.29) is 49.1 Å². The summed E-state index contributed by atoms with van der Waals surface area (Å²) >= 11 is 0. The highest BCUT2D eigenvalue weighted by Gasteiger charge is 2.28. The molecule has 0 saturated carbocycles. The van der Waals surface area contributed by atoms with Crippen molar-refractivity contribution >= 4 is 11.9 Å². The van der Waals surface area contributed by atoms with E-state index in [4.69, 9.17) is 5.11 Å². The Bertz CT molecular complexity index is 1310. The van der Waals surface area contributed by atoms with Crippen LogP contribution in [0.3, 0.4) is 0 Å². The fourth-order valence-electron chi connectivity index (χ4n) is 4.62. The number of hydrogen-bond acceptors (Lipinski definition) is 5. The topological polar surface area (TPSA) is 116 Å². The summed E-state index contributed by atoms with van der Waals surface area (Å²) in [7, 11) is 1.63. The van der Waals surface area contributed by atoms with E-state index in [0.29, 0.717) is 22.5 Å².